The topological polar surface area (TPSA) is 26.3 Å². The van der Waals surface area contributed by atoms with Gasteiger partial charge in [-0.2, -0.15) is 13.2 Å². The van der Waals surface area contributed by atoms with Gasteiger partial charge in [0.15, 0.2) is 5.78 Å². The zero-order chi connectivity index (χ0) is 13.8. The average Bonchev–Trinajstić information content (AvgIpc) is 2.28. The molecule has 0 aromatic heterocycles. The molecule has 0 aliphatic rings. The maximum atomic E-state index is 13.0. The van der Waals surface area contributed by atoms with Crippen LogP contribution in [0.15, 0.2) is 18.2 Å². The van der Waals surface area contributed by atoms with E-state index in [0.29, 0.717) is 5.33 Å². The summed E-state index contributed by atoms with van der Waals surface area (Å²) in [6.45, 7) is 1.70. The number of carbonyl (C=O) groups is 1. The van der Waals surface area contributed by atoms with Gasteiger partial charge >= 0.3 is 6.18 Å². The summed E-state index contributed by atoms with van der Waals surface area (Å²) in [5.41, 5.74) is -1.33. The van der Waals surface area contributed by atoms with E-state index in [9.17, 15) is 18.0 Å². The molecule has 0 spiro atoms. The maximum absolute atomic E-state index is 13.0. The molecule has 1 rings (SSSR count). The number of rotatable bonds is 5. The first-order valence-corrected chi connectivity index (χ1v) is 6.46. The van der Waals surface area contributed by atoms with Crippen LogP contribution in [0.25, 0.3) is 0 Å². The number of ether oxygens (including phenoxy) is 1. The highest BCUT2D eigenvalue weighted by Gasteiger charge is 2.38. The second-order valence-electron chi connectivity index (χ2n) is 3.47. The molecule has 0 heterocycles. The summed E-state index contributed by atoms with van der Waals surface area (Å²) in [6, 6.07) is 3.79. The highest BCUT2D eigenvalue weighted by Crippen LogP contribution is 2.39. The number of ketones is 1. The van der Waals surface area contributed by atoms with E-state index in [-0.39, 0.29) is 24.3 Å². The van der Waals surface area contributed by atoms with Gasteiger partial charge in [0, 0.05) is 17.3 Å². The molecule has 100 valence electrons. The molecule has 0 aliphatic heterocycles. The third-order valence-electron chi connectivity index (χ3n) is 2.23. The molecule has 0 aliphatic carbocycles. The van der Waals surface area contributed by atoms with E-state index in [1.807, 2.05) is 0 Å². The second-order valence-corrected chi connectivity index (χ2v) is 4.26. The van der Waals surface area contributed by atoms with Gasteiger partial charge in [0.25, 0.3) is 0 Å². The minimum atomic E-state index is -4.61. The summed E-state index contributed by atoms with van der Waals surface area (Å²) < 4.78 is 43.9. The molecular weight excluding hydrogens is 313 g/mol. The second kappa shape index (κ2) is 6.22. The van der Waals surface area contributed by atoms with Crippen molar-refractivity contribution in [2.75, 3.05) is 11.9 Å². The van der Waals surface area contributed by atoms with Crippen LogP contribution in [0.4, 0.5) is 13.2 Å². The van der Waals surface area contributed by atoms with Gasteiger partial charge in [-0.3, -0.25) is 4.79 Å². The first-order valence-electron chi connectivity index (χ1n) is 5.34. The van der Waals surface area contributed by atoms with Gasteiger partial charge in [0.1, 0.15) is 11.3 Å². The van der Waals surface area contributed by atoms with E-state index in [1.165, 1.54) is 18.2 Å². The van der Waals surface area contributed by atoms with Crippen LogP contribution in [0.2, 0.25) is 0 Å². The molecule has 0 fully saturated rings. The minimum Gasteiger partial charge on any atom is -0.493 e. The summed E-state index contributed by atoms with van der Waals surface area (Å²) in [7, 11) is 0. The minimum absolute atomic E-state index is 0.0126. The van der Waals surface area contributed by atoms with Crippen LogP contribution in [0.1, 0.15) is 29.3 Å². The van der Waals surface area contributed by atoms with Gasteiger partial charge in [-0.05, 0) is 13.0 Å². The summed E-state index contributed by atoms with van der Waals surface area (Å²) in [5.74, 6) is -0.855. The lowest BCUT2D eigenvalue weighted by Crippen LogP contribution is -2.15. The van der Waals surface area contributed by atoms with Crippen molar-refractivity contribution >= 4 is 21.7 Å². The summed E-state index contributed by atoms with van der Waals surface area (Å²) in [5, 5.41) is 0.321. The van der Waals surface area contributed by atoms with Gasteiger partial charge in [-0.25, -0.2) is 0 Å². The Bertz CT molecular complexity index is 430. The first-order chi connectivity index (χ1) is 8.41. The number of benzene rings is 1. The van der Waals surface area contributed by atoms with E-state index in [1.54, 1.807) is 6.92 Å². The molecular formula is C12H12BrF3O2. The van der Waals surface area contributed by atoms with Gasteiger partial charge in [0.2, 0.25) is 0 Å². The Morgan fingerprint density at radius 1 is 1.39 bits per heavy atom. The summed E-state index contributed by atoms with van der Waals surface area (Å²) >= 11 is 3.04. The van der Waals surface area contributed by atoms with E-state index < -0.39 is 17.5 Å². The van der Waals surface area contributed by atoms with Crippen molar-refractivity contribution < 1.29 is 22.7 Å². The molecule has 0 bridgehead atoms. The zero-order valence-electron chi connectivity index (χ0n) is 9.68. The summed E-state index contributed by atoms with van der Waals surface area (Å²) in [4.78, 5) is 11.7. The van der Waals surface area contributed by atoms with Gasteiger partial charge < -0.3 is 4.74 Å². The number of carbonyl (C=O) groups excluding carboxylic acids is 1. The average molecular weight is 325 g/mol. The van der Waals surface area contributed by atoms with Crippen molar-refractivity contribution in [2.45, 2.75) is 19.5 Å². The molecule has 0 saturated heterocycles. The zero-order valence-corrected chi connectivity index (χ0v) is 11.3. The monoisotopic (exact) mass is 324 g/mol. The van der Waals surface area contributed by atoms with Crippen LogP contribution < -0.4 is 4.74 Å². The molecule has 0 radical (unpaired) electrons. The van der Waals surface area contributed by atoms with Crippen molar-refractivity contribution in [2.24, 2.45) is 0 Å². The van der Waals surface area contributed by atoms with Gasteiger partial charge in [-0.15, -0.1) is 0 Å². The highest BCUT2D eigenvalue weighted by atomic mass is 79.9. The number of alkyl halides is 4. The van der Waals surface area contributed by atoms with Crippen LogP contribution in [-0.4, -0.2) is 17.7 Å². The van der Waals surface area contributed by atoms with Crippen molar-refractivity contribution in [1.29, 1.82) is 0 Å². The quantitative estimate of drug-likeness (QED) is 0.602. The van der Waals surface area contributed by atoms with Crippen LogP contribution in [0.5, 0.6) is 5.75 Å². The lowest BCUT2D eigenvalue weighted by atomic mass is 10.0. The van der Waals surface area contributed by atoms with Crippen molar-refractivity contribution in [3.63, 3.8) is 0 Å². The van der Waals surface area contributed by atoms with Gasteiger partial charge in [-0.1, -0.05) is 28.1 Å². The largest absolute Gasteiger partial charge is 0.493 e. The number of hydrogen-bond acceptors (Lipinski definition) is 2. The van der Waals surface area contributed by atoms with E-state index in [2.05, 4.69) is 15.9 Å². The molecule has 1 aromatic rings. The van der Waals surface area contributed by atoms with E-state index in [0.717, 1.165) is 0 Å². The molecule has 2 nitrogen and oxygen atoms in total. The lowest BCUT2D eigenvalue weighted by molar-refractivity contribution is -0.139. The maximum Gasteiger partial charge on any atom is 0.420 e. The number of halogens is 4. The molecule has 0 unspecified atom stereocenters. The molecule has 0 amide bonds. The Balaban J connectivity index is 3.33. The SMILES string of the molecule is CCOc1cccc(C(=O)CCBr)c1C(F)(F)F. The Hall–Kier alpha value is -1.04. The van der Waals surface area contributed by atoms with Crippen molar-refractivity contribution in [3.8, 4) is 5.75 Å². The smallest absolute Gasteiger partial charge is 0.420 e. The number of Topliss-reactive ketones (excluding diaryl/α,β-unsaturated/α-hetero) is 1. The first kappa shape index (κ1) is 15.0. The normalized spacial score (nSPS) is 11.4. The van der Waals surface area contributed by atoms with Crippen molar-refractivity contribution in [1.82, 2.24) is 0 Å². The van der Waals surface area contributed by atoms with Crippen LogP contribution >= 0.6 is 15.9 Å². The predicted octanol–water partition coefficient (Wildman–Crippen LogP) is 4.07. The Morgan fingerprint density at radius 3 is 2.56 bits per heavy atom. The van der Waals surface area contributed by atoms with Crippen molar-refractivity contribution in [3.05, 3.63) is 29.3 Å². The van der Waals surface area contributed by atoms with E-state index >= 15 is 0 Å². The third-order valence-corrected chi connectivity index (χ3v) is 2.63. The molecule has 6 heteroatoms. The Kier molecular flexibility index (Phi) is 5.19. The Labute approximate surface area is 111 Å². The molecule has 18 heavy (non-hydrogen) atoms. The molecule has 0 saturated carbocycles. The molecule has 0 N–H and O–H groups in total. The van der Waals surface area contributed by atoms with Crippen LogP contribution in [0.3, 0.4) is 0 Å². The lowest BCUT2D eigenvalue weighted by Gasteiger charge is -2.16. The molecule has 1 aromatic carbocycles. The standard InChI is InChI=1S/C12H12BrF3O2/c1-2-18-10-5-3-4-8(9(17)6-7-13)11(10)12(14,15)16/h3-5H,2,6-7H2,1H3. The fraction of sp³-hybridized carbons (Fsp3) is 0.417. The predicted molar refractivity (Wildman–Crippen MR) is 65.4 cm³/mol. The van der Waals surface area contributed by atoms with E-state index in [4.69, 9.17) is 4.74 Å². The highest BCUT2D eigenvalue weighted by molar-refractivity contribution is 9.09. The molecule has 0 atom stereocenters. The Morgan fingerprint density at radius 2 is 2.06 bits per heavy atom. The number of hydrogen-bond donors (Lipinski definition) is 0. The fourth-order valence-corrected chi connectivity index (χ4v) is 1.91. The summed E-state index contributed by atoms with van der Waals surface area (Å²) in [6.07, 6.45) is -4.60. The van der Waals surface area contributed by atoms with Crippen LogP contribution in [0, 0.1) is 0 Å². The van der Waals surface area contributed by atoms with Crippen LogP contribution in [-0.2, 0) is 6.18 Å². The van der Waals surface area contributed by atoms with Gasteiger partial charge in [0.05, 0.1) is 6.61 Å². The third kappa shape index (κ3) is 3.48. The fourth-order valence-electron chi connectivity index (χ4n) is 1.55.